The number of carbonyl (C=O) groups excluding carboxylic acids is 1. The number of halogens is 1. The van der Waals surface area contributed by atoms with Crippen molar-refractivity contribution in [1.29, 1.82) is 0 Å². The summed E-state index contributed by atoms with van der Waals surface area (Å²) in [5.74, 6) is 0.0262. The van der Waals surface area contributed by atoms with E-state index in [9.17, 15) is 9.35 Å². The Morgan fingerprint density at radius 1 is 1.23 bits per heavy atom. The Bertz CT molecular complexity index is 625. The fraction of sp³-hybridized carbons (Fsp3) is 0.188. The van der Waals surface area contributed by atoms with Crippen LogP contribution in [0.4, 0.5) is 5.69 Å². The number of hydrogen-bond acceptors (Lipinski definition) is 3. The van der Waals surface area contributed by atoms with Gasteiger partial charge in [0.25, 0.3) is 0 Å². The Labute approximate surface area is 137 Å². The molecule has 1 amide bonds. The fourth-order valence-corrected chi connectivity index (χ4v) is 3.30. The second kappa shape index (κ2) is 8.19. The van der Waals surface area contributed by atoms with Crippen molar-refractivity contribution in [3.05, 3.63) is 59.6 Å². The van der Waals surface area contributed by atoms with Gasteiger partial charge in [-0.25, -0.2) is 0 Å². The molecular formula is C16H17ClN2O2S. The maximum atomic E-state index is 12.1. The molecule has 2 aromatic carbocycles. The summed E-state index contributed by atoms with van der Waals surface area (Å²) in [6.07, 6.45) is 0.331. The molecule has 2 aromatic rings. The first kappa shape index (κ1) is 16.8. The van der Waals surface area contributed by atoms with Crippen molar-refractivity contribution in [3.63, 3.8) is 0 Å². The van der Waals surface area contributed by atoms with Crippen LogP contribution in [0.2, 0.25) is 5.02 Å². The maximum absolute atomic E-state index is 12.1. The van der Waals surface area contributed by atoms with E-state index in [-0.39, 0.29) is 5.91 Å². The van der Waals surface area contributed by atoms with Gasteiger partial charge in [-0.1, -0.05) is 35.9 Å². The first-order valence-corrected chi connectivity index (χ1v) is 8.51. The summed E-state index contributed by atoms with van der Waals surface area (Å²) in [5, 5.41) is 3.27. The van der Waals surface area contributed by atoms with Gasteiger partial charge in [-0.2, -0.15) is 0 Å². The van der Waals surface area contributed by atoms with Crippen LogP contribution in [0.3, 0.4) is 0 Å². The third-order valence-electron chi connectivity index (χ3n) is 3.05. The molecule has 0 bridgehead atoms. The highest BCUT2D eigenvalue weighted by Gasteiger charge is 2.18. The van der Waals surface area contributed by atoms with Gasteiger partial charge in [0.1, 0.15) is 5.75 Å². The molecule has 0 aliphatic carbocycles. The van der Waals surface area contributed by atoms with Gasteiger partial charge in [0.2, 0.25) is 5.91 Å². The predicted octanol–water partition coefficient (Wildman–Crippen LogP) is 2.80. The zero-order valence-corrected chi connectivity index (χ0v) is 13.4. The van der Waals surface area contributed by atoms with Gasteiger partial charge in [-0.15, -0.1) is 0 Å². The Morgan fingerprint density at radius 3 is 2.64 bits per heavy atom. The van der Waals surface area contributed by atoms with Crippen LogP contribution in [0.15, 0.2) is 59.5 Å². The maximum Gasteiger partial charge on any atom is 0.241 e. The van der Waals surface area contributed by atoms with E-state index in [0.29, 0.717) is 27.8 Å². The summed E-state index contributed by atoms with van der Waals surface area (Å²) in [5.41, 5.74) is 6.54. The molecule has 2 rings (SSSR count). The lowest BCUT2D eigenvalue weighted by atomic mass is 10.2. The average molecular weight is 337 g/mol. The predicted molar refractivity (Wildman–Crippen MR) is 90.4 cm³/mol. The lowest BCUT2D eigenvalue weighted by Gasteiger charge is -2.14. The molecule has 6 heteroatoms. The van der Waals surface area contributed by atoms with Crippen molar-refractivity contribution in [3.8, 4) is 0 Å². The molecule has 0 aromatic heterocycles. The summed E-state index contributed by atoms with van der Waals surface area (Å²) in [6, 6.07) is 15.3. The quantitative estimate of drug-likeness (QED) is 0.796. The fourth-order valence-electron chi connectivity index (χ4n) is 1.85. The summed E-state index contributed by atoms with van der Waals surface area (Å²) in [4.78, 5) is 12.6. The number of nitrogens with one attached hydrogen (secondary N) is 1. The van der Waals surface area contributed by atoms with Gasteiger partial charge in [0.05, 0.1) is 6.04 Å². The van der Waals surface area contributed by atoms with Gasteiger partial charge in [-0.3, -0.25) is 4.79 Å². The lowest BCUT2D eigenvalue weighted by molar-refractivity contribution is -0.117. The molecule has 0 fully saturated rings. The van der Waals surface area contributed by atoms with Crippen LogP contribution in [-0.2, 0) is 16.0 Å². The number of hydrogen-bond donors (Lipinski definition) is 2. The highest BCUT2D eigenvalue weighted by Crippen LogP contribution is 2.17. The third kappa shape index (κ3) is 5.03. The van der Waals surface area contributed by atoms with Crippen LogP contribution in [0, 0.1) is 0 Å². The molecule has 0 saturated carbocycles. The molecule has 0 heterocycles. The highest BCUT2D eigenvalue weighted by molar-refractivity contribution is 7.91. The van der Waals surface area contributed by atoms with Crippen LogP contribution in [0.1, 0.15) is 6.42 Å². The van der Waals surface area contributed by atoms with Crippen molar-refractivity contribution in [2.24, 2.45) is 5.73 Å². The Balaban J connectivity index is 1.84. The van der Waals surface area contributed by atoms with Crippen molar-refractivity contribution in [2.75, 3.05) is 11.1 Å². The normalized spacial score (nSPS) is 13.4. The van der Waals surface area contributed by atoms with Crippen LogP contribution < -0.4 is 11.1 Å². The number of para-hydroxylation sites is 1. The zero-order valence-electron chi connectivity index (χ0n) is 11.9. The number of rotatable bonds is 6. The number of nitrogens with two attached hydrogens (primary N) is 1. The van der Waals surface area contributed by atoms with Gasteiger partial charge < -0.3 is 15.6 Å². The van der Waals surface area contributed by atoms with Crippen molar-refractivity contribution in [1.82, 2.24) is 0 Å². The SMILES string of the molecule is NC(CC[S+]([O-])c1cccc(Cl)c1)C(=O)Nc1ccccc1. The topological polar surface area (TPSA) is 78.2 Å². The molecule has 116 valence electrons. The number of amides is 1. The Morgan fingerprint density at radius 2 is 1.95 bits per heavy atom. The van der Waals surface area contributed by atoms with Crippen LogP contribution in [0.25, 0.3) is 0 Å². The highest BCUT2D eigenvalue weighted by atomic mass is 35.5. The minimum absolute atomic E-state index is 0.283. The smallest absolute Gasteiger partial charge is 0.241 e. The van der Waals surface area contributed by atoms with E-state index in [4.69, 9.17) is 17.3 Å². The number of benzene rings is 2. The molecular weight excluding hydrogens is 320 g/mol. The van der Waals surface area contributed by atoms with Crippen molar-refractivity contribution >= 4 is 34.4 Å². The number of carbonyl (C=O) groups is 1. The summed E-state index contributed by atoms with van der Waals surface area (Å²) >= 11 is 4.65. The van der Waals surface area contributed by atoms with E-state index in [1.165, 1.54) is 0 Å². The zero-order chi connectivity index (χ0) is 15.9. The van der Waals surface area contributed by atoms with Crippen molar-refractivity contribution < 1.29 is 9.35 Å². The molecule has 0 radical (unpaired) electrons. The van der Waals surface area contributed by atoms with E-state index in [1.54, 1.807) is 36.4 Å². The van der Waals surface area contributed by atoms with Gasteiger partial charge in [0.15, 0.2) is 4.90 Å². The molecule has 0 saturated heterocycles. The Kier molecular flexibility index (Phi) is 6.27. The van der Waals surface area contributed by atoms with Crippen molar-refractivity contribution in [2.45, 2.75) is 17.4 Å². The summed E-state index contributed by atoms with van der Waals surface area (Å²) < 4.78 is 12.1. The molecule has 0 spiro atoms. The molecule has 22 heavy (non-hydrogen) atoms. The van der Waals surface area contributed by atoms with Gasteiger partial charge >= 0.3 is 0 Å². The summed E-state index contributed by atoms with van der Waals surface area (Å²) in [6.45, 7) is 0. The van der Waals surface area contributed by atoms with E-state index in [2.05, 4.69) is 5.32 Å². The monoisotopic (exact) mass is 336 g/mol. The van der Waals surface area contributed by atoms with E-state index in [1.807, 2.05) is 18.2 Å². The Hall–Kier alpha value is -1.53. The van der Waals surface area contributed by atoms with Crippen LogP contribution in [-0.4, -0.2) is 22.3 Å². The molecule has 4 nitrogen and oxygen atoms in total. The van der Waals surface area contributed by atoms with E-state index in [0.717, 1.165) is 0 Å². The van der Waals surface area contributed by atoms with E-state index >= 15 is 0 Å². The van der Waals surface area contributed by atoms with Gasteiger partial charge in [-0.05, 0) is 35.4 Å². The third-order valence-corrected chi connectivity index (χ3v) is 4.67. The number of anilines is 1. The largest absolute Gasteiger partial charge is 0.611 e. The van der Waals surface area contributed by atoms with Crippen LogP contribution >= 0.6 is 11.6 Å². The van der Waals surface area contributed by atoms with E-state index < -0.39 is 17.2 Å². The van der Waals surface area contributed by atoms with Gasteiger partial charge in [0, 0.05) is 23.2 Å². The second-order valence-electron chi connectivity index (χ2n) is 4.76. The van der Waals surface area contributed by atoms with Crippen LogP contribution in [0.5, 0.6) is 0 Å². The molecule has 2 atom stereocenters. The molecule has 0 aliphatic rings. The minimum atomic E-state index is -1.22. The second-order valence-corrected chi connectivity index (χ2v) is 6.76. The summed E-state index contributed by atoms with van der Waals surface area (Å²) in [7, 11) is 0. The molecule has 0 aliphatic heterocycles. The average Bonchev–Trinajstić information content (AvgIpc) is 2.53. The molecule has 3 N–H and O–H groups in total. The first-order valence-electron chi connectivity index (χ1n) is 6.81. The first-order chi connectivity index (χ1) is 10.6. The lowest BCUT2D eigenvalue weighted by Crippen LogP contribution is -2.37. The minimum Gasteiger partial charge on any atom is -0.611 e. The molecule has 2 unspecified atom stereocenters. The standard InChI is InChI=1S/C16H17ClN2O2S/c17-12-5-4-8-14(11-12)22(21)10-9-15(18)16(20)19-13-6-2-1-3-7-13/h1-8,11,15H,9-10,18H2,(H,19,20).